The summed E-state index contributed by atoms with van der Waals surface area (Å²) in [5.74, 6) is 0. The summed E-state index contributed by atoms with van der Waals surface area (Å²) in [5, 5.41) is 0. The normalized spacial score (nSPS) is 14.1. The van der Waals surface area contributed by atoms with Crippen molar-refractivity contribution < 1.29 is 0 Å². The van der Waals surface area contributed by atoms with Crippen LogP contribution >= 0.6 is 31.9 Å². The number of benzene rings is 4. The first-order valence-corrected chi connectivity index (χ1v) is 11.4. The molecule has 4 aromatic rings. The van der Waals surface area contributed by atoms with Crippen LogP contribution in [0.2, 0.25) is 0 Å². The zero-order valence-electron chi connectivity index (χ0n) is 16.2. The largest absolute Gasteiger partial charge is 0.399 e. The number of hydrogen-bond donors (Lipinski definition) is 2. The lowest BCUT2D eigenvalue weighted by Crippen LogP contribution is -2.36. The van der Waals surface area contributed by atoms with Gasteiger partial charge in [-0.15, -0.1) is 0 Å². The second-order valence-corrected chi connectivity index (χ2v) is 9.43. The van der Waals surface area contributed by atoms with Gasteiger partial charge in [-0.25, -0.2) is 0 Å². The van der Waals surface area contributed by atoms with Crippen molar-refractivity contribution in [3.8, 4) is 0 Å². The Kier molecular flexibility index (Phi) is 4.72. The molecular formula is C26H20Br2N2. The van der Waals surface area contributed by atoms with E-state index in [4.69, 9.17) is 11.5 Å². The van der Waals surface area contributed by atoms with Gasteiger partial charge in [-0.1, -0.05) is 92.5 Å². The zero-order chi connectivity index (χ0) is 20.9. The summed E-state index contributed by atoms with van der Waals surface area (Å²) in [4.78, 5) is 0. The van der Waals surface area contributed by atoms with Gasteiger partial charge in [-0.3, -0.25) is 0 Å². The predicted octanol–water partition coefficient (Wildman–Crippen LogP) is 6.66. The van der Waals surface area contributed by atoms with Gasteiger partial charge in [0.15, 0.2) is 0 Å². The van der Waals surface area contributed by atoms with E-state index < -0.39 is 5.41 Å². The first-order valence-electron chi connectivity index (χ1n) is 9.79. The summed E-state index contributed by atoms with van der Waals surface area (Å²) in [5.41, 5.74) is 20.7. The third kappa shape index (κ3) is 2.82. The molecule has 0 aromatic heterocycles. The third-order valence-electron chi connectivity index (χ3n) is 6.02. The van der Waals surface area contributed by atoms with Crippen molar-refractivity contribution in [2.24, 2.45) is 0 Å². The van der Waals surface area contributed by atoms with Crippen molar-refractivity contribution in [3.05, 3.63) is 127 Å². The number of nitrogens with two attached hydrogens (primary N) is 2. The van der Waals surface area contributed by atoms with E-state index in [2.05, 4.69) is 92.5 Å². The Bertz CT molecular complexity index is 1180. The summed E-state index contributed by atoms with van der Waals surface area (Å²) in [7, 11) is 0. The minimum Gasteiger partial charge on any atom is -0.399 e. The maximum Gasteiger partial charge on any atom is 0.0728 e. The molecule has 4 heteroatoms. The summed E-state index contributed by atoms with van der Waals surface area (Å²) in [6.45, 7) is 0. The molecule has 0 fully saturated rings. The van der Waals surface area contributed by atoms with Gasteiger partial charge in [0.1, 0.15) is 0 Å². The van der Waals surface area contributed by atoms with Gasteiger partial charge in [-0.05, 0) is 64.1 Å². The van der Waals surface area contributed by atoms with Gasteiger partial charge in [0.25, 0.3) is 0 Å². The Hall–Kier alpha value is -2.56. The van der Waals surface area contributed by atoms with Crippen LogP contribution in [0.3, 0.4) is 0 Å². The van der Waals surface area contributed by atoms with Gasteiger partial charge >= 0.3 is 0 Å². The number of anilines is 2. The van der Waals surface area contributed by atoms with Crippen LogP contribution in [-0.4, -0.2) is 0 Å². The Balaban J connectivity index is 2.01. The van der Waals surface area contributed by atoms with E-state index in [1.165, 1.54) is 22.3 Å². The first kappa shape index (κ1) is 19.4. The van der Waals surface area contributed by atoms with Crippen LogP contribution in [0, 0.1) is 0 Å². The molecule has 0 heterocycles. The van der Waals surface area contributed by atoms with Crippen LogP contribution in [0.4, 0.5) is 11.4 Å². The zero-order valence-corrected chi connectivity index (χ0v) is 19.4. The first-order chi connectivity index (χ1) is 14.5. The lowest BCUT2D eigenvalue weighted by Gasteiger charge is -2.43. The molecule has 1 aliphatic carbocycles. The Morgan fingerprint density at radius 2 is 1.00 bits per heavy atom. The molecule has 2 nitrogen and oxygen atoms in total. The van der Waals surface area contributed by atoms with Crippen molar-refractivity contribution in [3.63, 3.8) is 0 Å². The highest BCUT2D eigenvalue weighted by Crippen LogP contribution is 2.54. The molecule has 5 rings (SSSR count). The Morgan fingerprint density at radius 3 is 1.43 bits per heavy atom. The van der Waals surface area contributed by atoms with Crippen LogP contribution in [0.25, 0.3) is 0 Å². The maximum absolute atomic E-state index is 6.12. The molecule has 0 spiro atoms. The predicted molar refractivity (Wildman–Crippen MR) is 132 cm³/mol. The fraction of sp³-hybridized carbons (Fsp3) is 0.0769. The van der Waals surface area contributed by atoms with E-state index in [0.29, 0.717) is 0 Å². The molecule has 4 N–H and O–H groups in total. The van der Waals surface area contributed by atoms with Crippen LogP contribution < -0.4 is 11.5 Å². The summed E-state index contributed by atoms with van der Waals surface area (Å²) >= 11 is 7.68. The number of hydrogen-bond acceptors (Lipinski definition) is 2. The molecule has 4 aromatic carbocycles. The SMILES string of the molecule is Nc1ccc(C2(c3ccc(N)cc3Br)c3ccccc3Cc3ccccc32)c(Br)c1. The molecule has 1 aliphatic rings. The molecule has 0 saturated carbocycles. The molecule has 0 saturated heterocycles. The van der Waals surface area contributed by atoms with Gasteiger partial charge < -0.3 is 11.5 Å². The Morgan fingerprint density at radius 1 is 0.567 bits per heavy atom. The molecule has 0 unspecified atom stereocenters. The summed E-state index contributed by atoms with van der Waals surface area (Å²) in [6, 6.07) is 29.7. The molecule has 0 radical (unpaired) electrons. The van der Waals surface area contributed by atoms with Crippen LogP contribution in [0.5, 0.6) is 0 Å². The monoisotopic (exact) mass is 518 g/mol. The van der Waals surface area contributed by atoms with E-state index in [-0.39, 0.29) is 0 Å². The number of nitrogen functional groups attached to an aromatic ring is 2. The fourth-order valence-electron chi connectivity index (χ4n) is 4.83. The topological polar surface area (TPSA) is 52.0 Å². The van der Waals surface area contributed by atoms with Gasteiger partial charge in [0.2, 0.25) is 0 Å². The van der Waals surface area contributed by atoms with Crippen molar-refractivity contribution in [1.82, 2.24) is 0 Å². The van der Waals surface area contributed by atoms with Gasteiger partial charge in [0, 0.05) is 20.3 Å². The summed E-state index contributed by atoms with van der Waals surface area (Å²) in [6.07, 6.45) is 0.910. The highest BCUT2D eigenvalue weighted by atomic mass is 79.9. The highest BCUT2D eigenvalue weighted by molar-refractivity contribution is 9.10. The van der Waals surface area contributed by atoms with E-state index in [9.17, 15) is 0 Å². The maximum atomic E-state index is 6.12. The third-order valence-corrected chi connectivity index (χ3v) is 7.33. The fourth-order valence-corrected chi connectivity index (χ4v) is 6.21. The van der Waals surface area contributed by atoms with E-state index in [1.807, 2.05) is 24.3 Å². The molecule has 0 bridgehead atoms. The summed E-state index contributed by atoms with van der Waals surface area (Å²) < 4.78 is 1.97. The minimum absolute atomic E-state index is 0.509. The van der Waals surface area contributed by atoms with Gasteiger partial charge in [-0.2, -0.15) is 0 Å². The average Bonchev–Trinajstić information content (AvgIpc) is 2.73. The number of halogens is 2. The average molecular weight is 520 g/mol. The number of fused-ring (bicyclic) bond motifs is 2. The van der Waals surface area contributed by atoms with Crippen molar-refractivity contribution in [2.45, 2.75) is 11.8 Å². The van der Waals surface area contributed by atoms with E-state index in [0.717, 1.165) is 37.9 Å². The lowest BCUT2D eigenvalue weighted by atomic mass is 9.59. The molecule has 0 atom stereocenters. The number of rotatable bonds is 2. The second-order valence-electron chi connectivity index (χ2n) is 7.72. The standard InChI is InChI=1S/C26H20Br2N2/c27-24-14-18(29)9-11-22(24)26(23-12-10-19(30)15-25(23)28)20-7-3-1-5-16(20)13-17-6-2-4-8-21(17)26/h1-12,14-15H,13,29-30H2. The molecule has 30 heavy (non-hydrogen) atoms. The molecule has 0 aliphatic heterocycles. The second kappa shape index (κ2) is 7.29. The molecule has 148 valence electrons. The lowest BCUT2D eigenvalue weighted by molar-refractivity contribution is 0.696. The molecule has 0 amide bonds. The highest BCUT2D eigenvalue weighted by Gasteiger charge is 2.45. The molecular weight excluding hydrogens is 500 g/mol. The Labute approximate surface area is 193 Å². The quantitative estimate of drug-likeness (QED) is 0.256. The smallest absolute Gasteiger partial charge is 0.0728 e. The van der Waals surface area contributed by atoms with Crippen LogP contribution in [0.15, 0.2) is 93.9 Å². The van der Waals surface area contributed by atoms with Crippen LogP contribution in [-0.2, 0) is 11.8 Å². The minimum atomic E-state index is -0.509. The van der Waals surface area contributed by atoms with Crippen molar-refractivity contribution in [1.29, 1.82) is 0 Å². The van der Waals surface area contributed by atoms with E-state index >= 15 is 0 Å². The van der Waals surface area contributed by atoms with Crippen molar-refractivity contribution >= 4 is 43.2 Å². The van der Waals surface area contributed by atoms with E-state index in [1.54, 1.807) is 0 Å². The van der Waals surface area contributed by atoms with Gasteiger partial charge in [0.05, 0.1) is 5.41 Å². The van der Waals surface area contributed by atoms with Crippen molar-refractivity contribution in [2.75, 3.05) is 11.5 Å². The van der Waals surface area contributed by atoms with Crippen LogP contribution in [0.1, 0.15) is 33.4 Å².